The molecule has 4 aliphatic rings. The van der Waals surface area contributed by atoms with E-state index in [0.717, 1.165) is 49.7 Å². The van der Waals surface area contributed by atoms with Gasteiger partial charge in [-0.3, -0.25) is 0 Å². The molecule has 1 aromatic rings. The fourth-order valence-corrected chi connectivity index (χ4v) is 5.77. The Morgan fingerprint density at radius 3 is 2.10 bits per heavy atom. The van der Waals surface area contributed by atoms with Crippen LogP contribution in [0.1, 0.15) is 43.8 Å². The quantitative estimate of drug-likeness (QED) is 0.752. The molecule has 1 atom stereocenters. The highest BCUT2D eigenvalue weighted by atomic mass is 79.9. The summed E-state index contributed by atoms with van der Waals surface area (Å²) in [6, 6.07) is 2.29. The maximum Gasteiger partial charge on any atom is 0.137 e. The molecule has 4 aliphatic carbocycles. The van der Waals surface area contributed by atoms with Gasteiger partial charge in [-0.05, 0) is 89.8 Å². The highest BCUT2D eigenvalue weighted by Gasteiger charge is 2.50. The zero-order valence-electron chi connectivity index (χ0n) is 11.7. The predicted molar refractivity (Wildman–Crippen MR) is 79.6 cm³/mol. The van der Waals surface area contributed by atoms with Crippen LogP contribution in [0.5, 0.6) is 0 Å². The molecule has 1 nitrogen and oxygen atoms in total. The van der Waals surface area contributed by atoms with Gasteiger partial charge in [0.2, 0.25) is 0 Å². The lowest BCUT2D eigenvalue weighted by Gasteiger charge is -2.55. The van der Waals surface area contributed by atoms with E-state index >= 15 is 0 Å². The predicted octanol–water partition coefficient (Wildman–Crippen LogP) is 4.83. The molecule has 5 rings (SSSR count). The Balaban J connectivity index is 1.66. The molecule has 4 heteroatoms. The van der Waals surface area contributed by atoms with Crippen LogP contribution in [0.25, 0.3) is 0 Å². The van der Waals surface area contributed by atoms with E-state index in [1.165, 1.54) is 6.42 Å². The van der Waals surface area contributed by atoms with Gasteiger partial charge in [0.25, 0.3) is 0 Å². The van der Waals surface area contributed by atoms with Gasteiger partial charge in [0, 0.05) is 5.56 Å². The number of hydrogen-bond acceptors (Lipinski definition) is 1. The zero-order valence-corrected chi connectivity index (χ0v) is 13.3. The Hall–Kier alpha value is -0.480. The van der Waals surface area contributed by atoms with Crippen LogP contribution in [0, 0.1) is 41.2 Å². The molecule has 1 unspecified atom stereocenters. The molecule has 0 aliphatic heterocycles. The van der Waals surface area contributed by atoms with Gasteiger partial charge in [-0.2, -0.15) is 0 Å². The van der Waals surface area contributed by atoms with E-state index in [1.54, 1.807) is 0 Å². The normalized spacial score (nSPS) is 38.8. The minimum absolute atomic E-state index is 0.105. The van der Waals surface area contributed by atoms with E-state index in [9.17, 15) is 13.9 Å². The standard InChI is InChI=1S/C17H19BrF2O/c18-13-7-14(19)12(6-15(13)20)17(21)16-10-2-8-1-9(4-10)5-11(16)3-8/h6-11,16-17,21H,1-5H2. The number of aliphatic hydroxyl groups excluding tert-OH is 1. The first-order chi connectivity index (χ1) is 10.0. The van der Waals surface area contributed by atoms with Crippen LogP contribution in [0.3, 0.4) is 0 Å². The molecule has 1 aromatic carbocycles. The first-order valence-corrected chi connectivity index (χ1v) is 8.64. The summed E-state index contributed by atoms with van der Waals surface area (Å²) in [5, 5.41) is 10.7. The van der Waals surface area contributed by atoms with Gasteiger partial charge in [0.15, 0.2) is 0 Å². The third-order valence-corrected chi connectivity index (χ3v) is 6.63. The molecule has 0 spiro atoms. The average molecular weight is 357 g/mol. The van der Waals surface area contributed by atoms with Crippen molar-refractivity contribution >= 4 is 15.9 Å². The maximum atomic E-state index is 14.1. The van der Waals surface area contributed by atoms with Crippen molar-refractivity contribution in [1.82, 2.24) is 0 Å². The molecule has 0 radical (unpaired) electrons. The van der Waals surface area contributed by atoms with Gasteiger partial charge in [-0.25, -0.2) is 8.78 Å². The SMILES string of the molecule is OC(c1cc(F)c(Br)cc1F)C1C2CC3CC(C2)CC1C3. The molecule has 21 heavy (non-hydrogen) atoms. The molecule has 114 valence electrons. The zero-order chi connectivity index (χ0) is 14.7. The van der Waals surface area contributed by atoms with Crippen LogP contribution in [0.15, 0.2) is 16.6 Å². The number of aliphatic hydroxyl groups is 1. The van der Waals surface area contributed by atoms with Gasteiger partial charge in [-0.15, -0.1) is 0 Å². The van der Waals surface area contributed by atoms with Crippen molar-refractivity contribution in [3.63, 3.8) is 0 Å². The van der Waals surface area contributed by atoms with Crippen LogP contribution in [-0.2, 0) is 0 Å². The fraction of sp³-hybridized carbons (Fsp3) is 0.647. The van der Waals surface area contributed by atoms with E-state index in [4.69, 9.17) is 0 Å². The Kier molecular flexibility index (Phi) is 3.38. The molecule has 4 fully saturated rings. The smallest absolute Gasteiger partial charge is 0.137 e. The third-order valence-electron chi connectivity index (χ3n) is 6.02. The molecule has 1 N–H and O–H groups in total. The second-order valence-electron chi connectivity index (χ2n) is 7.24. The summed E-state index contributed by atoms with van der Waals surface area (Å²) in [5.41, 5.74) is 0.133. The molecule has 0 amide bonds. The number of rotatable bonds is 2. The summed E-state index contributed by atoms with van der Waals surface area (Å²) in [5.74, 6) is 1.68. The van der Waals surface area contributed by atoms with E-state index in [2.05, 4.69) is 15.9 Å². The topological polar surface area (TPSA) is 20.2 Å². The summed E-state index contributed by atoms with van der Waals surface area (Å²) in [6.07, 6.45) is 5.12. The lowest BCUT2D eigenvalue weighted by molar-refractivity contribution is -0.0916. The monoisotopic (exact) mass is 356 g/mol. The maximum absolute atomic E-state index is 14.1. The summed E-state index contributed by atoms with van der Waals surface area (Å²) in [6.45, 7) is 0. The van der Waals surface area contributed by atoms with Gasteiger partial charge < -0.3 is 5.11 Å². The number of halogens is 3. The number of benzene rings is 1. The van der Waals surface area contributed by atoms with Gasteiger partial charge >= 0.3 is 0 Å². The van der Waals surface area contributed by atoms with E-state index in [-0.39, 0.29) is 16.0 Å². The minimum atomic E-state index is -0.873. The molecular weight excluding hydrogens is 338 g/mol. The van der Waals surface area contributed by atoms with Crippen molar-refractivity contribution in [3.05, 3.63) is 33.8 Å². The van der Waals surface area contributed by atoms with E-state index in [0.29, 0.717) is 11.8 Å². The second kappa shape index (κ2) is 5.02. The summed E-state index contributed by atoms with van der Waals surface area (Å²) in [4.78, 5) is 0. The summed E-state index contributed by atoms with van der Waals surface area (Å²) in [7, 11) is 0. The molecule has 0 heterocycles. The fourth-order valence-electron chi connectivity index (χ4n) is 5.45. The van der Waals surface area contributed by atoms with Crippen LogP contribution >= 0.6 is 15.9 Å². The van der Waals surface area contributed by atoms with Crippen LogP contribution < -0.4 is 0 Å². The van der Waals surface area contributed by atoms with Gasteiger partial charge in [-0.1, -0.05) is 0 Å². The lowest BCUT2D eigenvalue weighted by atomic mass is 9.50. The summed E-state index contributed by atoms with van der Waals surface area (Å²) < 4.78 is 28.0. The summed E-state index contributed by atoms with van der Waals surface area (Å²) >= 11 is 2.99. The molecular formula is C17H19BrF2O. The Morgan fingerprint density at radius 1 is 0.952 bits per heavy atom. The van der Waals surface area contributed by atoms with Crippen molar-refractivity contribution < 1.29 is 13.9 Å². The molecule has 4 bridgehead atoms. The van der Waals surface area contributed by atoms with Crippen molar-refractivity contribution in [1.29, 1.82) is 0 Å². The average Bonchev–Trinajstić information content (AvgIpc) is 2.41. The highest BCUT2D eigenvalue weighted by molar-refractivity contribution is 9.10. The van der Waals surface area contributed by atoms with Gasteiger partial charge in [0.1, 0.15) is 11.6 Å². The van der Waals surface area contributed by atoms with Crippen molar-refractivity contribution in [3.8, 4) is 0 Å². The Bertz CT molecular complexity index is 546. The number of hydrogen-bond donors (Lipinski definition) is 1. The van der Waals surface area contributed by atoms with Crippen LogP contribution in [0.4, 0.5) is 8.78 Å². The highest BCUT2D eigenvalue weighted by Crippen LogP contribution is 2.59. The molecule has 0 saturated heterocycles. The van der Waals surface area contributed by atoms with Crippen LogP contribution in [0.2, 0.25) is 0 Å². The van der Waals surface area contributed by atoms with Crippen LogP contribution in [-0.4, -0.2) is 5.11 Å². The van der Waals surface area contributed by atoms with Crippen molar-refractivity contribution in [2.45, 2.75) is 38.2 Å². The Morgan fingerprint density at radius 2 is 1.52 bits per heavy atom. The van der Waals surface area contributed by atoms with E-state index < -0.39 is 17.7 Å². The van der Waals surface area contributed by atoms with Gasteiger partial charge in [0.05, 0.1) is 10.6 Å². The first kappa shape index (κ1) is 14.1. The third kappa shape index (κ3) is 2.26. The Labute approximate surface area is 131 Å². The largest absolute Gasteiger partial charge is 0.388 e. The minimum Gasteiger partial charge on any atom is -0.388 e. The first-order valence-electron chi connectivity index (χ1n) is 7.85. The molecule has 4 saturated carbocycles. The van der Waals surface area contributed by atoms with Crippen molar-refractivity contribution in [2.24, 2.45) is 29.6 Å². The lowest BCUT2D eigenvalue weighted by Crippen LogP contribution is -2.47. The van der Waals surface area contributed by atoms with E-state index in [1.807, 2.05) is 0 Å². The van der Waals surface area contributed by atoms with Crippen molar-refractivity contribution in [2.75, 3.05) is 0 Å². The second-order valence-corrected chi connectivity index (χ2v) is 8.10. The molecule has 0 aromatic heterocycles.